The van der Waals surface area contributed by atoms with E-state index in [1.165, 1.54) is 11.8 Å². The monoisotopic (exact) mass is 315 g/mol. The molecule has 0 amide bonds. The zero-order valence-electron chi connectivity index (χ0n) is 11.8. The van der Waals surface area contributed by atoms with Crippen molar-refractivity contribution in [2.75, 3.05) is 19.5 Å². The Morgan fingerprint density at radius 3 is 2.82 bits per heavy atom. The van der Waals surface area contributed by atoms with Crippen molar-refractivity contribution in [2.24, 2.45) is 0 Å². The second-order valence-electron chi connectivity index (χ2n) is 4.70. The number of nitriles is 1. The summed E-state index contributed by atoms with van der Waals surface area (Å²) < 4.78 is 10.6. The molecular formula is C15H13N3O3S. The Kier molecular flexibility index (Phi) is 4.13. The van der Waals surface area contributed by atoms with E-state index in [1.54, 1.807) is 24.3 Å². The fourth-order valence-corrected chi connectivity index (χ4v) is 2.30. The van der Waals surface area contributed by atoms with Crippen LogP contribution in [-0.4, -0.2) is 35.5 Å². The van der Waals surface area contributed by atoms with E-state index in [4.69, 9.17) is 9.47 Å². The van der Waals surface area contributed by atoms with E-state index in [0.29, 0.717) is 28.8 Å². The SMILES string of the molecule is CSc1nc(-c2ccc(OCC3CO3)cc2)c(C#N)c(=O)[nH]1. The third-order valence-corrected chi connectivity index (χ3v) is 3.75. The Hall–Kier alpha value is -2.30. The number of nitrogens with one attached hydrogen (secondary N) is 1. The van der Waals surface area contributed by atoms with Crippen molar-refractivity contribution < 1.29 is 9.47 Å². The van der Waals surface area contributed by atoms with Gasteiger partial charge in [-0.05, 0) is 30.5 Å². The van der Waals surface area contributed by atoms with E-state index >= 15 is 0 Å². The summed E-state index contributed by atoms with van der Waals surface area (Å²) >= 11 is 1.32. The van der Waals surface area contributed by atoms with Crippen LogP contribution in [-0.2, 0) is 4.74 Å². The van der Waals surface area contributed by atoms with Crippen LogP contribution < -0.4 is 10.3 Å². The zero-order valence-corrected chi connectivity index (χ0v) is 12.6. The maximum atomic E-state index is 11.9. The number of thioether (sulfide) groups is 1. The average molecular weight is 315 g/mol. The zero-order chi connectivity index (χ0) is 15.5. The molecule has 0 spiro atoms. The van der Waals surface area contributed by atoms with Crippen LogP contribution in [0.3, 0.4) is 0 Å². The lowest BCUT2D eigenvalue weighted by Crippen LogP contribution is -2.14. The van der Waals surface area contributed by atoms with Crippen molar-refractivity contribution in [1.82, 2.24) is 9.97 Å². The number of benzene rings is 1. The molecule has 7 heteroatoms. The Morgan fingerprint density at radius 1 is 1.50 bits per heavy atom. The minimum atomic E-state index is -0.428. The van der Waals surface area contributed by atoms with Crippen molar-refractivity contribution in [3.63, 3.8) is 0 Å². The first kappa shape index (κ1) is 14.6. The molecule has 1 aromatic carbocycles. The van der Waals surface area contributed by atoms with Gasteiger partial charge < -0.3 is 14.5 Å². The summed E-state index contributed by atoms with van der Waals surface area (Å²) in [6.07, 6.45) is 2.01. The van der Waals surface area contributed by atoms with Crippen LogP contribution in [0.1, 0.15) is 5.56 Å². The fraction of sp³-hybridized carbons (Fsp3) is 0.267. The molecule has 0 radical (unpaired) electrons. The molecule has 2 heterocycles. The highest BCUT2D eigenvalue weighted by atomic mass is 32.2. The lowest BCUT2D eigenvalue weighted by Gasteiger charge is -2.07. The van der Waals surface area contributed by atoms with E-state index in [-0.39, 0.29) is 11.7 Å². The largest absolute Gasteiger partial charge is 0.491 e. The van der Waals surface area contributed by atoms with Crippen LogP contribution in [0.25, 0.3) is 11.3 Å². The Bertz CT molecular complexity index is 776. The summed E-state index contributed by atoms with van der Waals surface area (Å²) in [6, 6.07) is 9.07. The quantitative estimate of drug-likeness (QED) is 0.514. The van der Waals surface area contributed by atoms with Gasteiger partial charge in [0.15, 0.2) is 5.16 Å². The number of rotatable bonds is 5. The van der Waals surface area contributed by atoms with Gasteiger partial charge in [-0.1, -0.05) is 11.8 Å². The van der Waals surface area contributed by atoms with E-state index in [9.17, 15) is 10.1 Å². The van der Waals surface area contributed by atoms with Gasteiger partial charge in [-0.15, -0.1) is 0 Å². The summed E-state index contributed by atoms with van der Waals surface area (Å²) in [6.45, 7) is 1.28. The van der Waals surface area contributed by atoms with Gasteiger partial charge in [0, 0.05) is 5.56 Å². The van der Waals surface area contributed by atoms with Crippen LogP contribution in [0.15, 0.2) is 34.2 Å². The van der Waals surface area contributed by atoms with Gasteiger partial charge in [0.1, 0.15) is 30.1 Å². The van der Waals surface area contributed by atoms with Crippen LogP contribution in [0, 0.1) is 11.3 Å². The molecule has 1 fully saturated rings. The molecule has 1 aliphatic rings. The number of hydrogen-bond donors (Lipinski definition) is 1. The summed E-state index contributed by atoms with van der Waals surface area (Å²) in [5, 5.41) is 9.65. The second-order valence-corrected chi connectivity index (χ2v) is 5.50. The first-order chi connectivity index (χ1) is 10.7. The minimum absolute atomic E-state index is 0.0119. The summed E-state index contributed by atoms with van der Waals surface area (Å²) in [4.78, 5) is 18.8. The van der Waals surface area contributed by atoms with Gasteiger partial charge in [0.05, 0.1) is 12.3 Å². The molecule has 1 aliphatic heterocycles. The maximum Gasteiger partial charge on any atom is 0.270 e. The van der Waals surface area contributed by atoms with Crippen molar-refractivity contribution in [1.29, 1.82) is 5.26 Å². The number of H-pyrrole nitrogens is 1. The summed E-state index contributed by atoms with van der Waals surface area (Å²) in [7, 11) is 0. The van der Waals surface area contributed by atoms with Crippen molar-refractivity contribution >= 4 is 11.8 Å². The normalized spacial score (nSPS) is 16.1. The molecule has 3 rings (SSSR count). The molecule has 22 heavy (non-hydrogen) atoms. The standard InChI is InChI=1S/C15H13N3O3S/c1-22-15-17-13(12(6-16)14(19)18-15)9-2-4-10(5-3-9)20-7-11-8-21-11/h2-5,11H,7-8H2,1H3,(H,17,18,19). The topological polar surface area (TPSA) is 91.3 Å². The van der Waals surface area contributed by atoms with Crippen LogP contribution in [0.4, 0.5) is 0 Å². The first-order valence-corrected chi connectivity index (χ1v) is 7.87. The van der Waals surface area contributed by atoms with E-state index < -0.39 is 5.56 Å². The Balaban J connectivity index is 1.91. The Morgan fingerprint density at radius 2 is 2.23 bits per heavy atom. The first-order valence-electron chi connectivity index (χ1n) is 6.64. The molecule has 1 atom stereocenters. The molecule has 1 N–H and O–H groups in total. The summed E-state index contributed by atoms with van der Waals surface area (Å²) in [5.74, 6) is 0.715. The minimum Gasteiger partial charge on any atom is -0.491 e. The van der Waals surface area contributed by atoms with Crippen LogP contribution in [0.5, 0.6) is 5.75 Å². The lowest BCUT2D eigenvalue weighted by molar-refractivity contribution is 0.263. The number of aromatic amines is 1. The molecule has 0 aliphatic carbocycles. The number of ether oxygens (including phenoxy) is 2. The molecule has 1 saturated heterocycles. The van der Waals surface area contributed by atoms with Crippen LogP contribution in [0.2, 0.25) is 0 Å². The van der Waals surface area contributed by atoms with E-state index in [0.717, 1.165) is 6.61 Å². The molecule has 1 unspecified atom stereocenters. The fourth-order valence-electron chi connectivity index (χ4n) is 1.92. The van der Waals surface area contributed by atoms with Crippen LogP contribution >= 0.6 is 11.8 Å². The number of nitrogens with zero attached hydrogens (tertiary/aromatic N) is 2. The highest BCUT2D eigenvalue weighted by Gasteiger charge is 2.23. The van der Waals surface area contributed by atoms with Gasteiger partial charge in [-0.3, -0.25) is 4.79 Å². The number of aromatic nitrogens is 2. The average Bonchev–Trinajstić information content (AvgIpc) is 3.37. The highest BCUT2D eigenvalue weighted by molar-refractivity contribution is 7.98. The molecule has 6 nitrogen and oxygen atoms in total. The predicted octanol–water partition coefficient (Wildman–Crippen LogP) is 1.81. The predicted molar refractivity (Wildman–Crippen MR) is 82.0 cm³/mol. The lowest BCUT2D eigenvalue weighted by atomic mass is 10.1. The Labute approximate surface area is 131 Å². The third kappa shape index (κ3) is 3.13. The molecule has 1 aromatic heterocycles. The summed E-state index contributed by atoms with van der Waals surface area (Å²) in [5.41, 5.74) is 0.668. The molecular weight excluding hydrogens is 302 g/mol. The second kappa shape index (κ2) is 6.22. The van der Waals surface area contributed by atoms with Crippen molar-refractivity contribution in [2.45, 2.75) is 11.3 Å². The smallest absolute Gasteiger partial charge is 0.270 e. The van der Waals surface area contributed by atoms with Crippen molar-refractivity contribution in [3.8, 4) is 23.1 Å². The molecule has 0 bridgehead atoms. The number of epoxide rings is 1. The maximum absolute atomic E-state index is 11.9. The van der Waals surface area contributed by atoms with Gasteiger partial charge in [0.25, 0.3) is 5.56 Å². The highest BCUT2D eigenvalue weighted by Crippen LogP contribution is 2.24. The van der Waals surface area contributed by atoms with E-state index in [1.807, 2.05) is 12.3 Å². The van der Waals surface area contributed by atoms with Gasteiger partial charge >= 0.3 is 0 Å². The molecule has 112 valence electrons. The van der Waals surface area contributed by atoms with Crippen molar-refractivity contribution in [3.05, 3.63) is 40.2 Å². The number of hydrogen-bond acceptors (Lipinski definition) is 6. The van der Waals surface area contributed by atoms with E-state index in [2.05, 4.69) is 9.97 Å². The third-order valence-electron chi connectivity index (χ3n) is 3.17. The molecule has 0 saturated carbocycles. The van der Waals surface area contributed by atoms with Gasteiger partial charge in [-0.2, -0.15) is 5.26 Å². The van der Waals surface area contributed by atoms with Gasteiger partial charge in [0.2, 0.25) is 0 Å². The van der Waals surface area contributed by atoms with Gasteiger partial charge in [-0.25, -0.2) is 4.98 Å². The molecule has 2 aromatic rings.